The summed E-state index contributed by atoms with van der Waals surface area (Å²) in [6.45, 7) is 1.35. The summed E-state index contributed by atoms with van der Waals surface area (Å²) in [6, 6.07) is 0. The van der Waals surface area contributed by atoms with Crippen molar-refractivity contribution in [2.75, 3.05) is 6.61 Å². The lowest BCUT2D eigenvalue weighted by Crippen LogP contribution is -1.98. The highest BCUT2D eigenvalue weighted by Crippen LogP contribution is 2.25. The van der Waals surface area contributed by atoms with Crippen molar-refractivity contribution >= 4 is 0 Å². The average molecular weight is 183 g/mol. The molecule has 0 bridgehead atoms. The Hall–Kier alpha value is -1.20. The van der Waals surface area contributed by atoms with Gasteiger partial charge in [-0.15, -0.1) is 4.79 Å². The molecular formula is C6H5F4NO. The molecule has 0 aliphatic carbocycles. The summed E-state index contributed by atoms with van der Waals surface area (Å²) < 4.78 is 53.7. The van der Waals surface area contributed by atoms with E-state index >= 15 is 0 Å². The first-order valence-electron chi connectivity index (χ1n) is 3.13. The van der Waals surface area contributed by atoms with Crippen LogP contribution in [0.2, 0.25) is 0 Å². The second-order valence-electron chi connectivity index (χ2n) is 1.94. The molecule has 0 aliphatic heterocycles. The van der Waals surface area contributed by atoms with Gasteiger partial charge < -0.3 is 4.74 Å². The Labute approximate surface area is 65.3 Å². The molecule has 0 aromatic carbocycles. The van der Waals surface area contributed by atoms with E-state index in [1.807, 2.05) is 0 Å². The molecule has 0 fully saturated rings. The molecule has 0 amide bonds. The normalized spacial score (nSPS) is 10.4. The van der Waals surface area contributed by atoms with Crippen molar-refractivity contribution in [3.05, 3.63) is 17.6 Å². The Kier molecular flexibility index (Phi) is 2.25. The minimum Gasteiger partial charge on any atom is -0.475 e. The van der Waals surface area contributed by atoms with Crippen molar-refractivity contribution in [2.45, 2.75) is 6.92 Å². The smallest absolute Gasteiger partial charge is 0.265 e. The standard InChI is InChI=1S/C6H5F4NO/c1-2-12-6-4(8)3(7)5(9)11(6)10/h2H2,1H3. The van der Waals surface area contributed by atoms with Gasteiger partial charge in [0.25, 0.3) is 11.8 Å². The van der Waals surface area contributed by atoms with E-state index in [1.54, 1.807) is 0 Å². The summed E-state index contributed by atoms with van der Waals surface area (Å²) in [5, 5.41) is 0. The lowest BCUT2D eigenvalue weighted by Gasteiger charge is -1.99. The number of hydrogen-bond acceptors (Lipinski definition) is 1. The Bertz CT molecular complexity index is 271. The Balaban J connectivity index is 3.18. The molecule has 0 unspecified atom stereocenters. The van der Waals surface area contributed by atoms with Crippen LogP contribution in [0, 0.1) is 17.6 Å². The highest BCUT2D eigenvalue weighted by Gasteiger charge is 2.25. The monoisotopic (exact) mass is 183 g/mol. The van der Waals surface area contributed by atoms with E-state index in [-0.39, 0.29) is 6.61 Å². The van der Waals surface area contributed by atoms with Crippen LogP contribution in [0.15, 0.2) is 0 Å². The van der Waals surface area contributed by atoms with Gasteiger partial charge in [0.05, 0.1) is 6.61 Å². The molecule has 0 radical (unpaired) electrons. The lowest BCUT2D eigenvalue weighted by atomic mass is 10.6. The molecule has 6 heteroatoms. The summed E-state index contributed by atoms with van der Waals surface area (Å²) >= 11 is 0. The molecule has 0 aliphatic rings. The van der Waals surface area contributed by atoms with Crippen LogP contribution in [0.3, 0.4) is 0 Å². The summed E-state index contributed by atoms with van der Waals surface area (Å²) in [7, 11) is 0. The number of halogens is 4. The van der Waals surface area contributed by atoms with Crippen LogP contribution in [-0.2, 0) is 0 Å². The summed E-state index contributed by atoms with van der Waals surface area (Å²) in [5.74, 6) is -6.53. The molecule has 2 nitrogen and oxygen atoms in total. The van der Waals surface area contributed by atoms with Gasteiger partial charge in [-0.1, -0.05) is 4.48 Å². The second-order valence-corrected chi connectivity index (χ2v) is 1.94. The van der Waals surface area contributed by atoms with Crippen LogP contribution >= 0.6 is 0 Å². The zero-order chi connectivity index (χ0) is 9.30. The van der Waals surface area contributed by atoms with Crippen LogP contribution in [-0.4, -0.2) is 11.4 Å². The highest BCUT2D eigenvalue weighted by atomic mass is 19.2. The van der Waals surface area contributed by atoms with Crippen LogP contribution in [0.25, 0.3) is 0 Å². The van der Waals surface area contributed by atoms with Crippen LogP contribution in [0.5, 0.6) is 5.88 Å². The largest absolute Gasteiger partial charge is 0.475 e. The predicted octanol–water partition coefficient (Wildman–Crippen LogP) is 2.04. The van der Waals surface area contributed by atoms with Crippen LogP contribution in [0.1, 0.15) is 6.92 Å². The third-order valence-electron chi connectivity index (χ3n) is 1.19. The molecule has 1 heterocycles. The van der Waals surface area contributed by atoms with Gasteiger partial charge in [0.2, 0.25) is 11.6 Å². The molecule has 0 N–H and O–H groups in total. The highest BCUT2D eigenvalue weighted by molar-refractivity contribution is 5.18. The maximum Gasteiger partial charge on any atom is 0.265 e. The van der Waals surface area contributed by atoms with E-state index in [0.29, 0.717) is 0 Å². The van der Waals surface area contributed by atoms with Gasteiger partial charge >= 0.3 is 0 Å². The summed E-state index contributed by atoms with van der Waals surface area (Å²) in [4.78, 5) is -0.811. The zero-order valence-corrected chi connectivity index (χ0v) is 6.07. The zero-order valence-electron chi connectivity index (χ0n) is 6.07. The van der Waals surface area contributed by atoms with Crippen molar-refractivity contribution in [3.8, 4) is 5.88 Å². The summed E-state index contributed by atoms with van der Waals surface area (Å²) in [6.07, 6.45) is 0. The van der Waals surface area contributed by atoms with Gasteiger partial charge in [-0.2, -0.15) is 13.2 Å². The van der Waals surface area contributed by atoms with Gasteiger partial charge in [-0.3, -0.25) is 0 Å². The maximum absolute atomic E-state index is 12.5. The summed E-state index contributed by atoms with van der Waals surface area (Å²) in [5.41, 5.74) is 0. The number of aromatic nitrogens is 1. The first-order valence-corrected chi connectivity index (χ1v) is 3.13. The van der Waals surface area contributed by atoms with Gasteiger partial charge in [0.1, 0.15) is 0 Å². The van der Waals surface area contributed by atoms with Crippen molar-refractivity contribution in [1.29, 1.82) is 0 Å². The fourth-order valence-electron chi connectivity index (χ4n) is 0.703. The van der Waals surface area contributed by atoms with Crippen LogP contribution in [0.4, 0.5) is 17.7 Å². The molecule has 68 valence electrons. The number of nitrogens with zero attached hydrogens (tertiary/aromatic N) is 1. The Morgan fingerprint density at radius 3 is 2.17 bits per heavy atom. The van der Waals surface area contributed by atoms with Gasteiger partial charge in [-0.05, 0) is 6.92 Å². The third-order valence-corrected chi connectivity index (χ3v) is 1.19. The molecule has 1 aromatic heterocycles. The Morgan fingerprint density at radius 2 is 1.83 bits per heavy atom. The fraction of sp³-hybridized carbons (Fsp3) is 0.333. The first-order chi connectivity index (χ1) is 5.59. The molecule has 1 rings (SSSR count). The molecule has 0 atom stereocenters. The first kappa shape index (κ1) is 8.89. The minimum atomic E-state index is -1.92. The van der Waals surface area contributed by atoms with Gasteiger partial charge in [0.15, 0.2) is 0 Å². The van der Waals surface area contributed by atoms with Crippen LogP contribution < -0.4 is 4.74 Å². The molecule has 12 heavy (non-hydrogen) atoms. The van der Waals surface area contributed by atoms with E-state index in [2.05, 4.69) is 4.74 Å². The topological polar surface area (TPSA) is 14.2 Å². The number of hydrogen-bond donors (Lipinski definition) is 0. The fourth-order valence-corrected chi connectivity index (χ4v) is 0.703. The number of rotatable bonds is 2. The molecular weight excluding hydrogens is 178 g/mol. The third kappa shape index (κ3) is 1.13. The van der Waals surface area contributed by atoms with Crippen molar-refractivity contribution in [3.63, 3.8) is 0 Å². The quantitative estimate of drug-likeness (QED) is 0.640. The van der Waals surface area contributed by atoms with Crippen molar-refractivity contribution < 1.29 is 22.4 Å². The molecule has 0 spiro atoms. The van der Waals surface area contributed by atoms with Gasteiger partial charge in [0, 0.05) is 0 Å². The second kappa shape index (κ2) is 3.04. The Morgan fingerprint density at radius 1 is 1.25 bits per heavy atom. The molecule has 0 saturated carbocycles. The van der Waals surface area contributed by atoms with Crippen molar-refractivity contribution in [2.24, 2.45) is 0 Å². The van der Waals surface area contributed by atoms with E-state index < -0.39 is 28.3 Å². The van der Waals surface area contributed by atoms with E-state index in [4.69, 9.17) is 0 Å². The number of ether oxygens (including phenoxy) is 1. The molecule has 0 saturated heterocycles. The maximum atomic E-state index is 12.5. The van der Waals surface area contributed by atoms with E-state index in [9.17, 15) is 17.7 Å². The van der Waals surface area contributed by atoms with E-state index in [0.717, 1.165) is 0 Å². The van der Waals surface area contributed by atoms with Gasteiger partial charge in [-0.25, -0.2) is 0 Å². The minimum absolute atomic E-state index is 0.0796. The van der Waals surface area contributed by atoms with Crippen molar-refractivity contribution in [1.82, 2.24) is 4.79 Å². The average Bonchev–Trinajstić information content (AvgIpc) is 2.23. The molecule has 1 aromatic rings. The predicted molar refractivity (Wildman–Crippen MR) is 32.0 cm³/mol. The van der Waals surface area contributed by atoms with E-state index in [1.165, 1.54) is 6.92 Å². The lowest BCUT2D eigenvalue weighted by molar-refractivity contribution is 0.211. The SMILES string of the molecule is CCOc1c(F)c(F)c(F)n1F.